The van der Waals surface area contributed by atoms with Gasteiger partial charge in [0, 0.05) is 66.4 Å². The van der Waals surface area contributed by atoms with E-state index in [0.717, 1.165) is 21.7 Å². The minimum absolute atomic E-state index is 0.0222. The number of ether oxygens (including phenoxy) is 1. The van der Waals surface area contributed by atoms with Gasteiger partial charge in [-0.2, -0.15) is 5.10 Å². The molecule has 21 nitrogen and oxygen atoms in total. The third-order valence-electron chi connectivity index (χ3n) is 11.9. The Morgan fingerprint density at radius 1 is 0.851 bits per heavy atom. The fourth-order valence-corrected chi connectivity index (χ4v) is 8.33. The van der Waals surface area contributed by atoms with Crippen molar-refractivity contribution in [2.75, 3.05) is 18.4 Å². The van der Waals surface area contributed by atoms with Gasteiger partial charge in [0.2, 0.25) is 17.7 Å². The van der Waals surface area contributed by atoms with Crippen molar-refractivity contribution in [1.29, 1.82) is 0 Å². The van der Waals surface area contributed by atoms with Crippen LogP contribution < -0.4 is 27.0 Å². The Hall–Kier alpha value is -8.46. The number of benzene rings is 2. The fraction of sp³-hybridized carbons (Fsp3) is 0.327. The Balaban J connectivity index is 0.985. The van der Waals surface area contributed by atoms with Crippen molar-refractivity contribution in [3.63, 3.8) is 0 Å². The number of fused-ring (bicyclic) bond motifs is 1. The van der Waals surface area contributed by atoms with Gasteiger partial charge >= 0.3 is 12.1 Å². The summed E-state index contributed by atoms with van der Waals surface area (Å²) in [5, 5.41) is 15.7. The molecule has 5 heterocycles. The first-order chi connectivity index (χ1) is 35.6. The molecule has 6 aromatic rings. The highest BCUT2D eigenvalue weighted by Crippen LogP contribution is 2.30. The number of imidazole rings is 1. The Morgan fingerprint density at radius 3 is 2.35 bits per heavy atom. The van der Waals surface area contributed by atoms with Crippen LogP contribution in [0.3, 0.4) is 0 Å². The summed E-state index contributed by atoms with van der Waals surface area (Å²) in [5.41, 5.74) is 11.1. The summed E-state index contributed by atoms with van der Waals surface area (Å²) >= 11 is 6.36. The number of halogens is 1. The smallest absolute Gasteiger partial charge is 0.410 e. The van der Waals surface area contributed by atoms with Crippen LogP contribution >= 0.6 is 11.6 Å². The molecule has 74 heavy (non-hydrogen) atoms. The summed E-state index contributed by atoms with van der Waals surface area (Å²) in [6.45, 7) is 5.87. The topological polar surface area (TPSA) is 281 Å². The first kappa shape index (κ1) is 53.3. The first-order valence-electron chi connectivity index (χ1n) is 24.2. The molecule has 0 saturated heterocycles. The molecule has 4 aromatic heterocycles. The number of primary amides is 1. The molecule has 1 unspecified atom stereocenters. The maximum Gasteiger partial charge on any atom is 0.410 e. The fourth-order valence-electron chi connectivity index (χ4n) is 8.12. The van der Waals surface area contributed by atoms with E-state index in [2.05, 4.69) is 36.3 Å². The molecule has 0 radical (unpaired) electrons. The van der Waals surface area contributed by atoms with Gasteiger partial charge in [-0.1, -0.05) is 62.2 Å². The average Bonchev–Trinajstić information content (AvgIpc) is 4.11. The molecule has 0 fully saturated rings. The molecule has 386 valence electrons. The van der Waals surface area contributed by atoms with E-state index in [1.54, 1.807) is 60.8 Å². The Bertz CT molecular complexity index is 3010. The minimum Gasteiger partial charge on any atom is -0.445 e. The van der Waals surface area contributed by atoms with Crippen LogP contribution in [0.2, 0.25) is 5.02 Å². The number of aryl methyl sites for hydroxylation is 1. The number of imide groups is 1. The van der Waals surface area contributed by atoms with Crippen molar-refractivity contribution in [2.24, 2.45) is 11.7 Å². The van der Waals surface area contributed by atoms with Crippen molar-refractivity contribution < 1.29 is 38.3 Å². The van der Waals surface area contributed by atoms with E-state index in [1.165, 1.54) is 23.4 Å². The van der Waals surface area contributed by atoms with Crippen LogP contribution in [0.4, 0.5) is 15.3 Å². The van der Waals surface area contributed by atoms with Crippen molar-refractivity contribution in [3.05, 3.63) is 131 Å². The number of aromatic nitrogens is 6. The number of unbranched alkanes of at least 4 members (excludes halogenated alkanes) is 2. The summed E-state index contributed by atoms with van der Waals surface area (Å²) < 4.78 is 7.54. The van der Waals surface area contributed by atoms with Gasteiger partial charge in [0.15, 0.2) is 5.65 Å². The van der Waals surface area contributed by atoms with Crippen molar-refractivity contribution in [3.8, 4) is 22.6 Å². The highest BCUT2D eigenvalue weighted by Gasteiger charge is 2.29. The second-order valence-electron chi connectivity index (χ2n) is 18.0. The lowest BCUT2D eigenvalue weighted by molar-refractivity contribution is -0.137. The number of pyridine rings is 2. The van der Waals surface area contributed by atoms with Gasteiger partial charge in [-0.25, -0.2) is 24.1 Å². The molecule has 1 aliphatic heterocycles. The van der Waals surface area contributed by atoms with E-state index in [-0.39, 0.29) is 75.7 Å². The SMILES string of the molecule is Cc1cccc(-c2nc(CN(Cc3cccc(Cl)c3)C(=O)OCc3ccc(NC(=O)[C@H](CCCNC(N)=O)NC(=O)C(NC(=O)CCCCCN4C(=O)C=CC4=O)C(C)C)cc3)[nH]c2-c2ccc3ncnn3c2)n1. The lowest BCUT2D eigenvalue weighted by atomic mass is 10.0. The third-order valence-corrected chi connectivity index (χ3v) is 12.2. The zero-order chi connectivity index (χ0) is 52.7. The average molecular weight is 1030 g/mol. The highest BCUT2D eigenvalue weighted by atomic mass is 35.5. The number of rotatable bonds is 24. The maximum atomic E-state index is 14.0. The second kappa shape index (κ2) is 25.3. The van der Waals surface area contributed by atoms with Gasteiger partial charge in [-0.15, -0.1) is 0 Å². The van der Waals surface area contributed by atoms with Gasteiger partial charge in [0.25, 0.3) is 11.8 Å². The largest absolute Gasteiger partial charge is 0.445 e. The van der Waals surface area contributed by atoms with Crippen LogP contribution in [0, 0.1) is 12.8 Å². The monoisotopic (exact) mass is 1030 g/mol. The zero-order valence-electron chi connectivity index (χ0n) is 41.2. The summed E-state index contributed by atoms with van der Waals surface area (Å²) in [5.74, 6) is -2.08. The number of nitrogens with one attached hydrogen (secondary N) is 5. The van der Waals surface area contributed by atoms with E-state index < -0.39 is 36.0 Å². The number of H-pyrrole nitrogens is 1. The van der Waals surface area contributed by atoms with Crippen LogP contribution in [0.15, 0.2) is 104 Å². The van der Waals surface area contributed by atoms with E-state index in [1.807, 2.05) is 49.5 Å². The maximum absolute atomic E-state index is 14.0. The quantitative estimate of drug-likeness (QED) is 0.0302. The first-order valence-corrected chi connectivity index (χ1v) is 24.5. The third kappa shape index (κ3) is 14.8. The number of carbonyl (C=O) groups excluding carboxylic acids is 7. The molecule has 7 N–H and O–H groups in total. The number of aromatic amines is 1. The highest BCUT2D eigenvalue weighted by molar-refractivity contribution is 6.30. The van der Waals surface area contributed by atoms with Crippen molar-refractivity contribution >= 4 is 64.6 Å². The Kier molecular flexibility index (Phi) is 18.2. The molecular formula is C52H58ClN13O8. The molecule has 7 rings (SSSR count). The van der Waals surface area contributed by atoms with Gasteiger partial charge < -0.3 is 36.7 Å². The number of hydrogen-bond donors (Lipinski definition) is 6. The van der Waals surface area contributed by atoms with Crippen LogP contribution in [-0.2, 0) is 48.4 Å². The van der Waals surface area contributed by atoms with Crippen LogP contribution in [0.5, 0.6) is 0 Å². The van der Waals surface area contributed by atoms with Crippen molar-refractivity contribution in [1.82, 2.24) is 55.3 Å². The molecule has 0 spiro atoms. The number of nitrogens with zero attached hydrogens (tertiary/aromatic N) is 7. The second-order valence-corrected chi connectivity index (χ2v) is 18.5. The molecule has 0 bridgehead atoms. The Morgan fingerprint density at radius 2 is 1.62 bits per heavy atom. The molecule has 1 aliphatic rings. The van der Waals surface area contributed by atoms with E-state index in [4.69, 9.17) is 32.0 Å². The number of nitrogens with two attached hydrogens (primary N) is 1. The van der Waals surface area contributed by atoms with Gasteiger partial charge in [0.05, 0.1) is 17.9 Å². The standard InChI is InChI=1S/C52H58ClN13O8/c1-32(2)46(63-43(67)15-5-4-6-25-65-44(68)22-23-45(65)69)50(71)60-40(14-9-24-55-51(54)72)49(70)59-38-19-16-34(17-20-38)30-74-52(73)64(27-35-11-8-12-37(53)26-35)29-41-61-47(36-18-21-42-56-31-57-66(42)28-36)48(62-41)39-13-7-10-33(3)58-39/h7-8,10-13,16-23,26,28,31-32,40,46H,4-6,9,14-15,24-25,27,29-30H2,1-3H3,(H,59,70)(H,60,71)(H,61,62)(H,63,67)(H3,54,55,72)/t40-,46?/m0/s1. The molecule has 2 aromatic carbocycles. The minimum atomic E-state index is -1.07. The van der Waals surface area contributed by atoms with Crippen LogP contribution in [-0.4, -0.2) is 106 Å². The lowest BCUT2D eigenvalue weighted by Gasteiger charge is -2.25. The molecule has 8 amide bonds. The van der Waals surface area contributed by atoms with Crippen LogP contribution in [0.25, 0.3) is 28.3 Å². The molecular weight excluding hydrogens is 970 g/mol. The summed E-state index contributed by atoms with van der Waals surface area (Å²) in [7, 11) is 0. The van der Waals surface area contributed by atoms with Crippen LogP contribution in [0.1, 0.15) is 75.0 Å². The van der Waals surface area contributed by atoms with E-state index in [9.17, 15) is 33.6 Å². The number of urea groups is 1. The number of amides is 8. The van der Waals surface area contributed by atoms with Gasteiger partial charge in [-0.05, 0) is 98.2 Å². The predicted molar refractivity (Wildman–Crippen MR) is 274 cm³/mol. The molecule has 0 saturated carbocycles. The normalized spacial score (nSPS) is 13.0. The number of carbonyl (C=O) groups is 7. The molecule has 0 aliphatic carbocycles. The summed E-state index contributed by atoms with van der Waals surface area (Å²) in [6.07, 6.45) is 7.21. The van der Waals surface area contributed by atoms with E-state index in [0.29, 0.717) is 64.1 Å². The van der Waals surface area contributed by atoms with E-state index >= 15 is 0 Å². The number of anilines is 1. The summed E-state index contributed by atoms with van der Waals surface area (Å²) in [6, 6.07) is 20.5. The summed E-state index contributed by atoms with van der Waals surface area (Å²) in [4.78, 5) is 109. The Labute approximate surface area is 431 Å². The predicted octanol–water partition coefficient (Wildman–Crippen LogP) is 5.98. The van der Waals surface area contributed by atoms with Crippen molar-refractivity contribution in [2.45, 2.75) is 91.1 Å². The molecule has 2 atom stereocenters. The zero-order valence-corrected chi connectivity index (χ0v) is 41.9. The lowest BCUT2D eigenvalue weighted by Crippen LogP contribution is -2.54. The van der Waals surface area contributed by atoms with Gasteiger partial charge in [-0.3, -0.25) is 38.8 Å². The van der Waals surface area contributed by atoms with Gasteiger partial charge in [0.1, 0.15) is 36.5 Å². The molecule has 22 heteroatoms. The number of hydrogen-bond acceptors (Lipinski definition) is 12.